The second-order valence-electron chi connectivity index (χ2n) is 5.15. The summed E-state index contributed by atoms with van der Waals surface area (Å²) in [6, 6.07) is 0. The molecule has 0 aromatic heterocycles. The summed E-state index contributed by atoms with van der Waals surface area (Å²) in [6.45, 7) is 13.7. The summed E-state index contributed by atoms with van der Waals surface area (Å²) in [6.07, 6.45) is 0.876. The first-order valence-corrected chi connectivity index (χ1v) is 7.67. The number of rotatable bonds is 10. The third-order valence-corrected chi connectivity index (χ3v) is 3.67. The molecule has 1 saturated heterocycles. The van der Waals surface area contributed by atoms with Crippen LogP contribution < -0.4 is 5.32 Å². The first-order valence-electron chi connectivity index (χ1n) is 7.67. The predicted molar refractivity (Wildman–Crippen MR) is 78.5 cm³/mol. The molecule has 1 rings (SSSR count). The van der Waals surface area contributed by atoms with Crippen LogP contribution in [0.15, 0.2) is 0 Å². The van der Waals surface area contributed by atoms with Gasteiger partial charge in [-0.05, 0) is 32.6 Å². The van der Waals surface area contributed by atoms with Crippen molar-refractivity contribution in [3.63, 3.8) is 0 Å². The quantitative estimate of drug-likeness (QED) is 0.549. The van der Waals surface area contributed by atoms with E-state index in [1.165, 1.54) is 0 Å². The molecule has 1 aliphatic rings. The van der Waals surface area contributed by atoms with Crippen LogP contribution in [-0.4, -0.2) is 86.6 Å². The van der Waals surface area contributed by atoms with Crippen molar-refractivity contribution < 1.29 is 9.84 Å². The van der Waals surface area contributed by atoms with E-state index in [4.69, 9.17) is 4.74 Å². The Balaban J connectivity index is 1.94. The lowest BCUT2D eigenvalue weighted by Gasteiger charge is -2.26. The molecule has 0 aromatic rings. The maximum absolute atomic E-state index is 9.90. The third kappa shape index (κ3) is 7.84. The fraction of sp³-hybridized carbons (Fsp3) is 1.00. The van der Waals surface area contributed by atoms with E-state index in [9.17, 15) is 5.11 Å². The average Bonchev–Trinajstić information content (AvgIpc) is 2.45. The Labute approximate surface area is 117 Å². The summed E-state index contributed by atoms with van der Waals surface area (Å²) in [4.78, 5) is 4.69. The second-order valence-corrected chi connectivity index (χ2v) is 5.15. The van der Waals surface area contributed by atoms with Crippen LogP contribution in [0.3, 0.4) is 0 Å². The number of nitrogens with zero attached hydrogens (tertiary/aromatic N) is 2. The SMILES string of the molecule is CCN(CC)CC(O)CNCCCN1CCOCC1. The molecule has 2 N–H and O–H groups in total. The van der Waals surface area contributed by atoms with E-state index in [0.29, 0.717) is 6.54 Å². The highest BCUT2D eigenvalue weighted by molar-refractivity contribution is 4.66. The van der Waals surface area contributed by atoms with E-state index in [-0.39, 0.29) is 6.10 Å². The van der Waals surface area contributed by atoms with E-state index in [2.05, 4.69) is 29.0 Å². The summed E-state index contributed by atoms with van der Waals surface area (Å²) >= 11 is 0. The Morgan fingerprint density at radius 2 is 1.95 bits per heavy atom. The first kappa shape index (κ1) is 16.9. The molecule has 114 valence electrons. The van der Waals surface area contributed by atoms with Crippen molar-refractivity contribution in [1.82, 2.24) is 15.1 Å². The lowest BCUT2D eigenvalue weighted by atomic mass is 10.3. The number of aliphatic hydroxyl groups is 1. The first-order chi connectivity index (χ1) is 9.26. The minimum Gasteiger partial charge on any atom is -0.390 e. The zero-order valence-corrected chi connectivity index (χ0v) is 12.6. The van der Waals surface area contributed by atoms with Gasteiger partial charge in [0.25, 0.3) is 0 Å². The maximum atomic E-state index is 9.90. The van der Waals surface area contributed by atoms with Crippen LogP contribution in [0, 0.1) is 0 Å². The molecule has 0 aromatic carbocycles. The molecule has 0 saturated carbocycles. The standard InChI is InChI=1S/C14H31N3O2/c1-3-16(4-2)13-14(18)12-15-6-5-7-17-8-10-19-11-9-17/h14-15,18H,3-13H2,1-2H3. The topological polar surface area (TPSA) is 48.0 Å². The molecule has 5 nitrogen and oxygen atoms in total. The van der Waals surface area contributed by atoms with E-state index >= 15 is 0 Å². The molecule has 1 atom stereocenters. The molecule has 1 fully saturated rings. The Kier molecular flexibility index (Phi) is 9.38. The Hall–Kier alpha value is -0.200. The number of hydrogen-bond donors (Lipinski definition) is 2. The summed E-state index contributed by atoms with van der Waals surface area (Å²) in [7, 11) is 0. The molecule has 1 aliphatic heterocycles. The van der Waals surface area contributed by atoms with Gasteiger partial charge in [-0.2, -0.15) is 0 Å². The van der Waals surface area contributed by atoms with E-state index in [1.807, 2.05) is 0 Å². The van der Waals surface area contributed by atoms with Crippen molar-refractivity contribution >= 4 is 0 Å². The van der Waals surface area contributed by atoms with Crippen molar-refractivity contribution in [2.45, 2.75) is 26.4 Å². The van der Waals surface area contributed by atoms with Crippen LogP contribution in [0.2, 0.25) is 0 Å². The molecular formula is C14H31N3O2. The molecule has 0 amide bonds. The lowest BCUT2D eigenvalue weighted by molar-refractivity contribution is 0.0373. The summed E-state index contributed by atoms with van der Waals surface area (Å²) in [5.74, 6) is 0. The zero-order chi connectivity index (χ0) is 13.9. The second kappa shape index (κ2) is 10.6. The lowest BCUT2D eigenvalue weighted by Crippen LogP contribution is -2.40. The number of likely N-dealkylation sites (N-methyl/N-ethyl adjacent to an activating group) is 1. The van der Waals surface area contributed by atoms with Gasteiger partial charge in [0.05, 0.1) is 19.3 Å². The normalized spacial score (nSPS) is 18.9. The Morgan fingerprint density at radius 3 is 2.58 bits per heavy atom. The van der Waals surface area contributed by atoms with Crippen molar-refractivity contribution in [1.29, 1.82) is 0 Å². The number of morpholine rings is 1. The van der Waals surface area contributed by atoms with Crippen molar-refractivity contribution in [2.75, 3.05) is 65.6 Å². The molecule has 1 unspecified atom stereocenters. The van der Waals surface area contributed by atoms with Crippen molar-refractivity contribution in [3.8, 4) is 0 Å². The van der Waals surface area contributed by atoms with Gasteiger partial charge in [0.1, 0.15) is 0 Å². The van der Waals surface area contributed by atoms with E-state index in [1.54, 1.807) is 0 Å². The van der Waals surface area contributed by atoms with Gasteiger partial charge < -0.3 is 20.1 Å². The third-order valence-electron chi connectivity index (χ3n) is 3.67. The van der Waals surface area contributed by atoms with Crippen LogP contribution in [0.25, 0.3) is 0 Å². The number of nitrogens with one attached hydrogen (secondary N) is 1. The van der Waals surface area contributed by atoms with Gasteiger partial charge >= 0.3 is 0 Å². The highest BCUT2D eigenvalue weighted by Gasteiger charge is 2.10. The molecule has 0 spiro atoms. The Morgan fingerprint density at radius 1 is 1.26 bits per heavy atom. The number of hydrogen-bond acceptors (Lipinski definition) is 5. The summed E-state index contributed by atoms with van der Waals surface area (Å²) in [5, 5.41) is 13.2. The van der Waals surface area contributed by atoms with Gasteiger partial charge in [0, 0.05) is 26.2 Å². The van der Waals surface area contributed by atoms with Crippen LogP contribution >= 0.6 is 0 Å². The smallest absolute Gasteiger partial charge is 0.0791 e. The fourth-order valence-electron chi connectivity index (χ4n) is 2.37. The van der Waals surface area contributed by atoms with E-state index in [0.717, 1.165) is 65.4 Å². The predicted octanol–water partition coefficient (Wildman–Crippen LogP) is 0.00100. The zero-order valence-electron chi connectivity index (χ0n) is 12.6. The minimum atomic E-state index is -0.261. The van der Waals surface area contributed by atoms with Gasteiger partial charge in [-0.3, -0.25) is 4.90 Å². The highest BCUT2D eigenvalue weighted by atomic mass is 16.5. The molecule has 0 radical (unpaired) electrons. The molecule has 19 heavy (non-hydrogen) atoms. The molecule has 5 heteroatoms. The van der Waals surface area contributed by atoms with Crippen LogP contribution in [0.5, 0.6) is 0 Å². The summed E-state index contributed by atoms with van der Waals surface area (Å²) in [5.41, 5.74) is 0. The molecule has 1 heterocycles. The molecular weight excluding hydrogens is 242 g/mol. The van der Waals surface area contributed by atoms with Crippen LogP contribution in [0.4, 0.5) is 0 Å². The van der Waals surface area contributed by atoms with Gasteiger partial charge in [-0.15, -0.1) is 0 Å². The molecule has 0 aliphatic carbocycles. The number of aliphatic hydroxyl groups excluding tert-OH is 1. The van der Waals surface area contributed by atoms with Gasteiger partial charge in [-0.1, -0.05) is 13.8 Å². The fourth-order valence-corrected chi connectivity index (χ4v) is 2.37. The van der Waals surface area contributed by atoms with Crippen LogP contribution in [0.1, 0.15) is 20.3 Å². The van der Waals surface area contributed by atoms with Gasteiger partial charge in [-0.25, -0.2) is 0 Å². The minimum absolute atomic E-state index is 0.261. The van der Waals surface area contributed by atoms with Crippen molar-refractivity contribution in [2.24, 2.45) is 0 Å². The number of ether oxygens (including phenoxy) is 1. The van der Waals surface area contributed by atoms with Gasteiger partial charge in [0.15, 0.2) is 0 Å². The van der Waals surface area contributed by atoms with E-state index < -0.39 is 0 Å². The Bertz CT molecular complexity index is 207. The van der Waals surface area contributed by atoms with Gasteiger partial charge in [0.2, 0.25) is 0 Å². The van der Waals surface area contributed by atoms with Crippen LogP contribution in [-0.2, 0) is 4.74 Å². The largest absolute Gasteiger partial charge is 0.390 e. The maximum Gasteiger partial charge on any atom is 0.0791 e. The van der Waals surface area contributed by atoms with Crippen molar-refractivity contribution in [3.05, 3.63) is 0 Å². The molecule has 0 bridgehead atoms. The summed E-state index contributed by atoms with van der Waals surface area (Å²) < 4.78 is 5.32. The highest BCUT2D eigenvalue weighted by Crippen LogP contribution is 1.97. The monoisotopic (exact) mass is 273 g/mol. The average molecular weight is 273 g/mol.